The molecule has 2 rings (SSSR count). The van der Waals surface area contributed by atoms with E-state index in [0.717, 1.165) is 29.1 Å². The minimum absolute atomic E-state index is 0.673. The second-order valence-electron chi connectivity index (χ2n) is 5.14. The summed E-state index contributed by atoms with van der Waals surface area (Å²) < 4.78 is 3.21. The van der Waals surface area contributed by atoms with Crippen molar-refractivity contribution in [3.05, 3.63) is 46.5 Å². The molecule has 102 valence electrons. The summed E-state index contributed by atoms with van der Waals surface area (Å²) in [5.74, 6) is 1.67. The minimum Gasteiger partial charge on any atom is -0.312 e. The fraction of sp³-hybridized carbons (Fsp3) is 0.400. The van der Waals surface area contributed by atoms with Gasteiger partial charge in [0.05, 0.1) is 0 Å². The molecule has 4 heteroatoms. The number of imidazole rings is 1. The molecule has 2 aromatic rings. The van der Waals surface area contributed by atoms with E-state index in [4.69, 9.17) is 0 Å². The van der Waals surface area contributed by atoms with Crippen molar-refractivity contribution in [1.29, 1.82) is 0 Å². The third-order valence-electron chi connectivity index (χ3n) is 3.01. The third-order valence-corrected chi connectivity index (χ3v) is 3.75. The van der Waals surface area contributed by atoms with Crippen LogP contribution in [-0.2, 0) is 6.54 Å². The van der Waals surface area contributed by atoms with Crippen molar-refractivity contribution in [1.82, 2.24) is 14.9 Å². The Morgan fingerprint density at radius 2 is 2.16 bits per heavy atom. The predicted molar refractivity (Wildman–Crippen MR) is 82.5 cm³/mol. The van der Waals surface area contributed by atoms with Crippen LogP contribution in [0.5, 0.6) is 0 Å². The number of aryl methyl sites for hydroxylation is 1. The molecule has 1 aromatic heterocycles. The van der Waals surface area contributed by atoms with Gasteiger partial charge in [0.15, 0.2) is 0 Å². The number of benzene rings is 1. The number of hydrogen-bond acceptors (Lipinski definition) is 2. The van der Waals surface area contributed by atoms with Gasteiger partial charge in [-0.25, -0.2) is 4.98 Å². The van der Waals surface area contributed by atoms with E-state index in [-0.39, 0.29) is 0 Å². The van der Waals surface area contributed by atoms with Gasteiger partial charge in [0.2, 0.25) is 0 Å². The van der Waals surface area contributed by atoms with E-state index >= 15 is 0 Å². The second-order valence-corrected chi connectivity index (χ2v) is 6.00. The van der Waals surface area contributed by atoms with Crippen LogP contribution in [0, 0.1) is 12.8 Å². The SMILES string of the molecule is Cc1nccn1-c1ccc(CNCC(C)C)c(Br)c1. The van der Waals surface area contributed by atoms with E-state index in [9.17, 15) is 0 Å². The number of nitrogens with zero attached hydrogens (tertiary/aromatic N) is 2. The molecule has 1 aromatic carbocycles. The number of aromatic nitrogens is 2. The summed E-state index contributed by atoms with van der Waals surface area (Å²) in [7, 11) is 0. The fourth-order valence-electron chi connectivity index (χ4n) is 1.98. The quantitative estimate of drug-likeness (QED) is 0.910. The van der Waals surface area contributed by atoms with E-state index in [0.29, 0.717) is 5.92 Å². The molecule has 0 saturated carbocycles. The van der Waals surface area contributed by atoms with Crippen molar-refractivity contribution in [3.8, 4) is 5.69 Å². The van der Waals surface area contributed by atoms with Gasteiger partial charge < -0.3 is 9.88 Å². The average Bonchev–Trinajstić information content (AvgIpc) is 2.77. The summed E-state index contributed by atoms with van der Waals surface area (Å²) in [6.07, 6.45) is 3.80. The van der Waals surface area contributed by atoms with Crippen molar-refractivity contribution in [2.24, 2.45) is 5.92 Å². The highest BCUT2D eigenvalue weighted by atomic mass is 79.9. The maximum atomic E-state index is 4.25. The number of rotatable bonds is 5. The standard InChI is InChI=1S/C15H20BrN3/c1-11(2)9-17-10-13-4-5-14(8-15(13)16)19-7-6-18-12(19)3/h4-8,11,17H,9-10H2,1-3H3. The van der Waals surface area contributed by atoms with Crippen LogP contribution in [0.2, 0.25) is 0 Å². The largest absolute Gasteiger partial charge is 0.312 e. The van der Waals surface area contributed by atoms with Gasteiger partial charge in [0.25, 0.3) is 0 Å². The van der Waals surface area contributed by atoms with Gasteiger partial charge in [0.1, 0.15) is 5.82 Å². The van der Waals surface area contributed by atoms with Crippen molar-refractivity contribution >= 4 is 15.9 Å². The van der Waals surface area contributed by atoms with Gasteiger partial charge >= 0.3 is 0 Å². The first-order chi connectivity index (χ1) is 9.08. The number of hydrogen-bond donors (Lipinski definition) is 1. The van der Waals surface area contributed by atoms with Gasteiger partial charge in [-0.2, -0.15) is 0 Å². The zero-order chi connectivity index (χ0) is 13.8. The molecule has 0 fully saturated rings. The molecule has 3 nitrogen and oxygen atoms in total. The summed E-state index contributed by atoms with van der Waals surface area (Å²) in [6, 6.07) is 6.43. The molecule has 0 spiro atoms. The van der Waals surface area contributed by atoms with Crippen molar-refractivity contribution < 1.29 is 0 Å². The first-order valence-corrected chi connectivity index (χ1v) is 7.36. The fourth-order valence-corrected chi connectivity index (χ4v) is 2.48. The first kappa shape index (κ1) is 14.3. The molecule has 1 N–H and O–H groups in total. The van der Waals surface area contributed by atoms with Gasteiger partial charge in [-0.15, -0.1) is 0 Å². The highest BCUT2D eigenvalue weighted by Crippen LogP contribution is 2.21. The molecule has 0 radical (unpaired) electrons. The van der Waals surface area contributed by atoms with Gasteiger partial charge in [-0.3, -0.25) is 0 Å². The van der Waals surface area contributed by atoms with Crippen LogP contribution < -0.4 is 5.32 Å². The molecule has 0 amide bonds. The Morgan fingerprint density at radius 1 is 1.37 bits per heavy atom. The highest BCUT2D eigenvalue weighted by molar-refractivity contribution is 9.10. The van der Waals surface area contributed by atoms with Crippen molar-refractivity contribution in [2.45, 2.75) is 27.3 Å². The first-order valence-electron chi connectivity index (χ1n) is 6.57. The van der Waals surface area contributed by atoms with Crippen molar-refractivity contribution in [3.63, 3.8) is 0 Å². The molecule has 0 saturated heterocycles. The van der Waals surface area contributed by atoms with E-state index in [1.54, 1.807) is 0 Å². The highest BCUT2D eigenvalue weighted by Gasteiger charge is 2.05. The molecule has 0 aliphatic rings. The average molecular weight is 322 g/mol. The summed E-state index contributed by atoms with van der Waals surface area (Å²) in [4.78, 5) is 4.25. The van der Waals surface area contributed by atoms with Gasteiger partial charge in [0, 0.05) is 29.1 Å². The second kappa shape index (κ2) is 6.35. The predicted octanol–water partition coefficient (Wildman–Crippen LogP) is 3.69. The van der Waals surface area contributed by atoms with Gasteiger partial charge in [-0.05, 0) is 37.1 Å². The molecule has 0 bridgehead atoms. The third kappa shape index (κ3) is 3.67. The molecule has 0 aliphatic carbocycles. The lowest BCUT2D eigenvalue weighted by Crippen LogP contribution is -2.19. The molecule has 0 aliphatic heterocycles. The zero-order valence-corrected chi connectivity index (χ0v) is 13.2. The number of halogens is 1. The monoisotopic (exact) mass is 321 g/mol. The molecular weight excluding hydrogens is 302 g/mol. The number of nitrogens with one attached hydrogen (secondary N) is 1. The Balaban J connectivity index is 2.11. The van der Waals surface area contributed by atoms with Crippen molar-refractivity contribution in [2.75, 3.05) is 6.54 Å². The van der Waals surface area contributed by atoms with Crippen LogP contribution in [0.3, 0.4) is 0 Å². The molecular formula is C15H20BrN3. The van der Waals surface area contributed by atoms with Crippen LogP contribution in [0.1, 0.15) is 25.2 Å². The summed E-state index contributed by atoms with van der Waals surface area (Å²) >= 11 is 3.65. The lowest BCUT2D eigenvalue weighted by Gasteiger charge is -2.11. The van der Waals surface area contributed by atoms with E-state index < -0.39 is 0 Å². The minimum atomic E-state index is 0.673. The Morgan fingerprint density at radius 3 is 2.74 bits per heavy atom. The maximum Gasteiger partial charge on any atom is 0.110 e. The summed E-state index contributed by atoms with van der Waals surface area (Å²) in [6.45, 7) is 8.36. The topological polar surface area (TPSA) is 29.9 Å². The molecule has 0 unspecified atom stereocenters. The lowest BCUT2D eigenvalue weighted by molar-refractivity contribution is 0.552. The van der Waals surface area contributed by atoms with Crippen LogP contribution in [0.15, 0.2) is 35.1 Å². The molecule has 0 atom stereocenters. The lowest BCUT2D eigenvalue weighted by atomic mass is 10.2. The smallest absolute Gasteiger partial charge is 0.110 e. The van der Waals surface area contributed by atoms with Crippen LogP contribution in [-0.4, -0.2) is 16.1 Å². The van der Waals surface area contributed by atoms with E-state index in [1.165, 1.54) is 5.56 Å². The Bertz CT molecular complexity index is 546. The Labute approximate surface area is 123 Å². The zero-order valence-electron chi connectivity index (χ0n) is 11.7. The van der Waals surface area contributed by atoms with E-state index in [2.05, 4.69) is 62.8 Å². The summed E-state index contributed by atoms with van der Waals surface area (Å²) in [5.41, 5.74) is 2.41. The van der Waals surface area contributed by atoms with Crippen LogP contribution in [0.4, 0.5) is 0 Å². The summed E-state index contributed by atoms with van der Waals surface area (Å²) in [5, 5.41) is 3.46. The molecule has 1 heterocycles. The molecule has 19 heavy (non-hydrogen) atoms. The van der Waals surface area contributed by atoms with Gasteiger partial charge in [-0.1, -0.05) is 35.8 Å². The normalized spacial score (nSPS) is 11.2. The Kier molecular flexibility index (Phi) is 4.77. The Hall–Kier alpha value is -1.13. The van der Waals surface area contributed by atoms with E-state index in [1.807, 2.05) is 19.3 Å². The maximum absolute atomic E-state index is 4.25. The van der Waals surface area contributed by atoms with Crippen LogP contribution in [0.25, 0.3) is 5.69 Å². The van der Waals surface area contributed by atoms with Crippen LogP contribution >= 0.6 is 15.9 Å².